The van der Waals surface area contributed by atoms with Gasteiger partial charge in [0.25, 0.3) is 0 Å². The van der Waals surface area contributed by atoms with Crippen LogP contribution in [0.4, 0.5) is 0 Å². The Bertz CT molecular complexity index is 270. The third-order valence-corrected chi connectivity index (χ3v) is 4.37. The van der Waals surface area contributed by atoms with Crippen LogP contribution < -0.4 is 5.32 Å². The smallest absolute Gasteiger partial charge is 0.157 e. The Morgan fingerprint density at radius 3 is 2.71 bits per heavy atom. The molecule has 0 spiro atoms. The fourth-order valence-corrected chi connectivity index (χ4v) is 3.38. The van der Waals surface area contributed by atoms with Gasteiger partial charge in [-0.15, -0.1) is 0 Å². The Morgan fingerprint density at radius 2 is 2.06 bits per heavy atom. The monoisotopic (exact) mass is 255 g/mol. The SMILES string of the molecule is CC1(C)CN=C(SCCCCN2CCCC2)N1. The molecule has 2 aliphatic rings. The quantitative estimate of drug-likeness (QED) is 0.764. The predicted octanol–water partition coefficient (Wildman–Crippen LogP) is 2.33. The van der Waals surface area contributed by atoms with Gasteiger partial charge in [-0.3, -0.25) is 4.99 Å². The van der Waals surface area contributed by atoms with Crippen LogP contribution in [0.1, 0.15) is 39.5 Å². The summed E-state index contributed by atoms with van der Waals surface area (Å²) in [4.78, 5) is 7.12. The van der Waals surface area contributed by atoms with Crippen molar-refractivity contribution in [1.29, 1.82) is 0 Å². The standard InChI is InChI=1S/C13H25N3S/c1-13(2)11-14-12(15-13)17-10-6-5-9-16-7-3-4-8-16/h3-11H2,1-2H3,(H,14,15). The summed E-state index contributed by atoms with van der Waals surface area (Å²) in [5.41, 5.74) is 0.178. The molecule has 4 heteroatoms. The number of unbranched alkanes of at least 4 members (excludes halogenated alkanes) is 1. The molecule has 0 saturated carbocycles. The van der Waals surface area contributed by atoms with Crippen molar-refractivity contribution in [2.75, 3.05) is 31.9 Å². The average Bonchev–Trinajstić information content (AvgIpc) is 2.88. The number of rotatable bonds is 5. The molecule has 1 saturated heterocycles. The topological polar surface area (TPSA) is 27.6 Å². The van der Waals surface area contributed by atoms with E-state index in [1.54, 1.807) is 0 Å². The van der Waals surface area contributed by atoms with Gasteiger partial charge in [0.2, 0.25) is 0 Å². The van der Waals surface area contributed by atoms with Crippen LogP contribution >= 0.6 is 11.8 Å². The molecule has 1 fully saturated rings. The van der Waals surface area contributed by atoms with Crippen LogP contribution in [-0.4, -0.2) is 47.5 Å². The highest BCUT2D eigenvalue weighted by Gasteiger charge is 2.24. The van der Waals surface area contributed by atoms with Crippen molar-refractivity contribution in [3.63, 3.8) is 0 Å². The molecular weight excluding hydrogens is 230 g/mol. The molecule has 2 heterocycles. The van der Waals surface area contributed by atoms with Crippen LogP contribution in [0.15, 0.2) is 4.99 Å². The highest BCUT2D eigenvalue weighted by molar-refractivity contribution is 8.13. The van der Waals surface area contributed by atoms with Gasteiger partial charge in [0.15, 0.2) is 5.17 Å². The maximum atomic E-state index is 4.52. The zero-order valence-electron chi connectivity index (χ0n) is 11.2. The lowest BCUT2D eigenvalue weighted by Crippen LogP contribution is -2.38. The van der Waals surface area contributed by atoms with Gasteiger partial charge < -0.3 is 10.2 Å². The molecule has 0 radical (unpaired) electrons. The molecule has 0 amide bonds. The highest BCUT2D eigenvalue weighted by Crippen LogP contribution is 2.17. The van der Waals surface area contributed by atoms with E-state index in [-0.39, 0.29) is 5.54 Å². The second-order valence-electron chi connectivity index (χ2n) is 5.73. The Kier molecular flexibility index (Phi) is 4.74. The van der Waals surface area contributed by atoms with E-state index in [9.17, 15) is 0 Å². The van der Waals surface area contributed by atoms with Gasteiger partial charge in [-0.1, -0.05) is 11.8 Å². The molecule has 2 aliphatic heterocycles. The van der Waals surface area contributed by atoms with E-state index < -0.39 is 0 Å². The molecule has 0 aromatic carbocycles. The van der Waals surface area contributed by atoms with E-state index in [0.717, 1.165) is 11.7 Å². The van der Waals surface area contributed by atoms with Gasteiger partial charge in [-0.2, -0.15) is 0 Å². The van der Waals surface area contributed by atoms with Crippen molar-refractivity contribution in [1.82, 2.24) is 10.2 Å². The summed E-state index contributed by atoms with van der Waals surface area (Å²) < 4.78 is 0. The van der Waals surface area contributed by atoms with Gasteiger partial charge >= 0.3 is 0 Å². The Morgan fingerprint density at radius 1 is 1.29 bits per heavy atom. The molecule has 2 rings (SSSR count). The van der Waals surface area contributed by atoms with E-state index in [1.165, 1.54) is 51.1 Å². The summed E-state index contributed by atoms with van der Waals surface area (Å²) in [5.74, 6) is 1.20. The van der Waals surface area contributed by atoms with Crippen LogP contribution in [0.25, 0.3) is 0 Å². The molecule has 3 nitrogen and oxygen atoms in total. The van der Waals surface area contributed by atoms with E-state index in [2.05, 4.69) is 29.1 Å². The lowest BCUT2D eigenvalue weighted by molar-refractivity contribution is 0.333. The fraction of sp³-hybridized carbons (Fsp3) is 0.923. The molecule has 98 valence electrons. The number of likely N-dealkylation sites (tertiary alicyclic amines) is 1. The molecule has 0 aliphatic carbocycles. The van der Waals surface area contributed by atoms with Gasteiger partial charge in [-0.05, 0) is 59.2 Å². The number of hydrogen-bond acceptors (Lipinski definition) is 4. The molecular formula is C13H25N3S. The molecule has 0 bridgehead atoms. The highest BCUT2D eigenvalue weighted by atomic mass is 32.2. The number of nitrogens with one attached hydrogen (secondary N) is 1. The van der Waals surface area contributed by atoms with Crippen molar-refractivity contribution in [3.8, 4) is 0 Å². The van der Waals surface area contributed by atoms with Crippen molar-refractivity contribution in [2.24, 2.45) is 4.99 Å². The third-order valence-electron chi connectivity index (χ3n) is 3.37. The molecule has 17 heavy (non-hydrogen) atoms. The Hall–Kier alpha value is -0.220. The zero-order valence-corrected chi connectivity index (χ0v) is 12.0. The van der Waals surface area contributed by atoms with Crippen LogP contribution in [0.2, 0.25) is 0 Å². The minimum atomic E-state index is 0.178. The first kappa shape index (κ1) is 13.2. The second kappa shape index (κ2) is 6.10. The first-order valence-electron chi connectivity index (χ1n) is 6.83. The number of nitrogens with zero attached hydrogens (tertiary/aromatic N) is 2. The largest absolute Gasteiger partial charge is 0.358 e. The summed E-state index contributed by atoms with van der Waals surface area (Å²) in [5, 5.41) is 4.61. The number of hydrogen-bond donors (Lipinski definition) is 1. The Balaban J connectivity index is 1.49. The normalized spacial score (nSPS) is 23.8. The number of thioether (sulfide) groups is 1. The zero-order chi connectivity index (χ0) is 12.1. The van der Waals surface area contributed by atoms with Gasteiger partial charge in [0.05, 0.1) is 12.1 Å². The maximum absolute atomic E-state index is 4.52. The lowest BCUT2D eigenvalue weighted by Gasteiger charge is -2.18. The molecule has 0 aromatic rings. The first-order chi connectivity index (χ1) is 8.16. The third kappa shape index (κ3) is 4.51. The second-order valence-corrected chi connectivity index (χ2v) is 6.82. The van der Waals surface area contributed by atoms with Gasteiger partial charge in [0.1, 0.15) is 0 Å². The van der Waals surface area contributed by atoms with Crippen LogP contribution in [0.5, 0.6) is 0 Å². The summed E-state index contributed by atoms with van der Waals surface area (Å²) in [6.45, 7) is 9.29. The average molecular weight is 255 g/mol. The van der Waals surface area contributed by atoms with Crippen molar-refractivity contribution in [3.05, 3.63) is 0 Å². The molecule has 0 unspecified atom stereocenters. The van der Waals surface area contributed by atoms with Gasteiger partial charge in [-0.25, -0.2) is 0 Å². The van der Waals surface area contributed by atoms with Crippen molar-refractivity contribution >= 4 is 16.9 Å². The van der Waals surface area contributed by atoms with Crippen molar-refractivity contribution in [2.45, 2.75) is 45.1 Å². The summed E-state index contributed by atoms with van der Waals surface area (Å²) in [7, 11) is 0. The summed E-state index contributed by atoms with van der Waals surface area (Å²) in [6.07, 6.45) is 5.46. The lowest BCUT2D eigenvalue weighted by atomic mass is 10.1. The van der Waals surface area contributed by atoms with Crippen LogP contribution in [-0.2, 0) is 0 Å². The predicted molar refractivity (Wildman–Crippen MR) is 76.9 cm³/mol. The Labute approximate surface area is 109 Å². The van der Waals surface area contributed by atoms with Crippen LogP contribution in [0.3, 0.4) is 0 Å². The molecule has 0 aromatic heterocycles. The maximum Gasteiger partial charge on any atom is 0.157 e. The summed E-state index contributed by atoms with van der Waals surface area (Å²) >= 11 is 1.89. The minimum Gasteiger partial charge on any atom is -0.358 e. The first-order valence-corrected chi connectivity index (χ1v) is 7.82. The van der Waals surface area contributed by atoms with Crippen LogP contribution in [0, 0.1) is 0 Å². The number of aliphatic imine (C=N–C) groups is 1. The summed E-state index contributed by atoms with van der Waals surface area (Å²) in [6, 6.07) is 0. The number of amidine groups is 1. The minimum absolute atomic E-state index is 0.178. The van der Waals surface area contributed by atoms with E-state index in [0.29, 0.717) is 0 Å². The van der Waals surface area contributed by atoms with Gasteiger partial charge in [0, 0.05) is 5.75 Å². The molecule has 1 N–H and O–H groups in total. The van der Waals surface area contributed by atoms with Crippen molar-refractivity contribution < 1.29 is 0 Å². The molecule has 0 atom stereocenters. The van der Waals surface area contributed by atoms with E-state index in [4.69, 9.17) is 0 Å². The van der Waals surface area contributed by atoms with E-state index in [1.807, 2.05) is 11.8 Å². The fourth-order valence-electron chi connectivity index (χ4n) is 2.33. The van der Waals surface area contributed by atoms with E-state index >= 15 is 0 Å².